The van der Waals surface area contributed by atoms with Crippen LogP contribution >= 0.6 is 11.6 Å². The summed E-state index contributed by atoms with van der Waals surface area (Å²) in [6, 6.07) is 3.90. The highest BCUT2D eigenvalue weighted by molar-refractivity contribution is 6.31. The van der Waals surface area contributed by atoms with E-state index in [4.69, 9.17) is 11.6 Å². The van der Waals surface area contributed by atoms with Crippen LogP contribution in [0.5, 0.6) is 0 Å². The summed E-state index contributed by atoms with van der Waals surface area (Å²) < 4.78 is 0. The Bertz CT molecular complexity index is 443. The molecule has 1 aliphatic heterocycles. The van der Waals surface area contributed by atoms with E-state index in [-0.39, 0.29) is 0 Å². The van der Waals surface area contributed by atoms with Crippen molar-refractivity contribution in [1.29, 1.82) is 0 Å². The number of pyridine rings is 1. The fourth-order valence-electron chi connectivity index (χ4n) is 3.08. The van der Waals surface area contributed by atoms with Crippen molar-refractivity contribution in [1.82, 2.24) is 9.88 Å². The van der Waals surface area contributed by atoms with Gasteiger partial charge < -0.3 is 5.32 Å². The molecule has 1 saturated heterocycles. The topological polar surface area (TPSA) is 28.2 Å². The molecule has 0 amide bonds. The van der Waals surface area contributed by atoms with Crippen LogP contribution in [0.1, 0.15) is 45.7 Å². The van der Waals surface area contributed by atoms with Gasteiger partial charge >= 0.3 is 0 Å². The molecule has 2 heterocycles. The number of nitrogens with zero attached hydrogens (tertiary/aromatic N) is 2. The molecule has 112 valence electrons. The standard InChI is InChI=1S/C16H26ClN3/c1-4-16(5-2)9-10-20(12-16)11-14-13(17)7-8-15(19-14)18-6-3/h7-8H,4-6,9-12H2,1-3H3,(H,18,19). The Hall–Kier alpha value is -0.800. The van der Waals surface area contributed by atoms with Crippen LogP contribution in [0.3, 0.4) is 0 Å². The maximum absolute atomic E-state index is 6.30. The Morgan fingerprint density at radius 1 is 1.30 bits per heavy atom. The highest BCUT2D eigenvalue weighted by Crippen LogP contribution is 2.37. The van der Waals surface area contributed by atoms with E-state index in [1.54, 1.807) is 0 Å². The van der Waals surface area contributed by atoms with E-state index in [0.29, 0.717) is 5.41 Å². The number of nitrogens with one attached hydrogen (secondary N) is 1. The summed E-state index contributed by atoms with van der Waals surface area (Å²) in [5, 5.41) is 4.03. The lowest BCUT2D eigenvalue weighted by molar-refractivity contribution is 0.235. The molecule has 0 aliphatic carbocycles. The molecule has 2 rings (SSSR count). The first kappa shape index (κ1) is 15.6. The lowest BCUT2D eigenvalue weighted by atomic mass is 9.82. The van der Waals surface area contributed by atoms with Gasteiger partial charge in [0.1, 0.15) is 5.82 Å². The van der Waals surface area contributed by atoms with Crippen molar-refractivity contribution < 1.29 is 0 Å². The molecule has 4 heteroatoms. The Balaban J connectivity index is 2.05. The molecule has 1 aromatic rings. The van der Waals surface area contributed by atoms with Gasteiger partial charge in [-0.15, -0.1) is 0 Å². The number of aromatic nitrogens is 1. The zero-order valence-corrected chi connectivity index (χ0v) is 13.6. The average Bonchev–Trinajstić information content (AvgIpc) is 2.87. The van der Waals surface area contributed by atoms with Gasteiger partial charge in [-0.2, -0.15) is 0 Å². The van der Waals surface area contributed by atoms with Gasteiger partial charge in [0.2, 0.25) is 0 Å². The molecule has 20 heavy (non-hydrogen) atoms. The second-order valence-electron chi connectivity index (χ2n) is 5.82. The Labute approximate surface area is 127 Å². The predicted octanol–water partition coefficient (Wildman–Crippen LogP) is 4.18. The Morgan fingerprint density at radius 3 is 2.65 bits per heavy atom. The third-order valence-electron chi connectivity index (χ3n) is 4.67. The SMILES string of the molecule is CCNc1ccc(Cl)c(CN2CCC(CC)(CC)C2)n1. The van der Waals surface area contributed by atoms with Crippen LogP contribution in [0.4, 0.5) is 5.82 Å². The van der Waals surface area contributed by atoms with E-state index < -0.39 is 0 Å². The minimum Gasteiger partial charge on any atom is -0.370 e. The summed E-state index contributed by atoms with van der Waals surface area (Å²) in [7, 11) is 0. The van der Waals surface area contributed by atoms with E-state index in [1.165, 1.54) is 25.8 Å². The smallest absolute Gasteiger partial charge is 0.126 e. The first-order valence-corrected chi connectivity index (χ1v) is 8.12. The summed E-state index contributed by atoms with van der Waals surface area (Å²) in [6.07, 6.45) is 3.82. The maximum Gasteiger partial charge on any atom is 0.126 e. The number of hydrogen-bond donors (Lipinski definition) is 1. The van der Waals surface area contributed by atoms with Gasteiger partial charge in [0.15, 0.2) is 0 Å². The van der Waals surface area contributed by atoms with E-state index in [0.717, 1.165) is 36.2 Å². The first-order chi connectivity index (χ1) is 9.62. The lowest BCUT2D eigenvalue weighted by Gasteiger charge is -2.26. The average molecular weight is 296 g/mol. The summed E-state index contributed by atoms with van der Waals surface area (Å²) in [6.45, 7) is 10.8. The molecule has 1 aromatic heterocycles. The maximum atomic E-state index is 6.30. The molecule has 0 aromatic carbocycles. The van der Waals surface area contributed by atoms with Crippen molar-refractivity contribution in [3.63, 3.8) is 0 Å². The predicted molar refractivity (Wildman–Crippen MR) is 86.3 cm³/mol. The van der Waals surface area contributed by atoms with Gasteiger partial charge in [-0.3, -0.25) is 4.90 Å². The van der Waals surface area contributed by atoms with E-state index in [2.05, 4.69) is 36.0 Å². The van der Waals surface area contributed by atoms with Crippen LogP contribution in [0, 0.1) is 5.41 Å². The summed E-state index contributed by atoms with van der Waals surface area (Å²) in [4.78, 5) is 7.14. The minimum atomic E-state index is 0.506. The third-order valence-corrected chi connectivity index (χ3v) is 5.01. The van der Waals surface area contributed by atoms with Gasteiger partial charge in [0.25, 0.3) is 0 Å². The molecule has 0 atom stereocenters. The van der Waals surface area contributed by atoms with Crippen molar-refractivity contribution in [3.8, 4) is 0 Å². The van der Waals surface area contributed by atoms with Crippen molar-refractivity contribution >= 4 is 17.4 Å². The van der Waals surface area contributed by atoms with E-state index in [1.807, 2.05) is 12.1 Å². The fourth-order valence-corrected chi connectivity index (χ4v) is 3.24. The van der Waals surface area contributed by atoms with Crippen LogP contribution in [-0.2, 0) is 6.54 Å². The van der Waals surface area contributed by atoms with Crippen molar-refractivity contribution in [2.75, 3.05) is 25.0 Å². The summed E-state index contributed by atoms with van der Waals surface area (Å²) in [5.74, 6) is 0.920. The largest absolute Gasteiger partial charge is 0.370 e. The molecule has 0 unspecified atom stereocenters. The summed E-state index contributed by atoms with van der Waals surface area (Å²) >= 11 is 6.30. The normalized spacial score (nSPS) is 18.4. The zero-order valence-electron chi connectivity index (χ0n) is 12.9. The van der Waals surface area contributed by atoms with Crippen LogP contribution in [0.25, 0.3) is 0 Å². The molecule has 0 saturated carbocycles. The minimum absolute atomic E-state index is 0.506. The van der Waals surface area contributed by atoms with Gasteiger partial charge in [0.05, 0.1) is 10.7 Å². The first-order valence-electron chi connectivity index (χ1n) is 7.74. The van der Waals surface area contributed by atoms with E-state index in [9.17, 15) is 0 Å². The molecule has 1 N–H and O–H groups in total. The van der Waals surface area contributed by atoms with Crippen molar-refractivity contribution in [3.05, 3.63) is 22.8 Å². The number of halogens is 1. The zero-order chi connectivity index (χ0) is 14.6. The monoisotopic (exact) mass is 295 g/mol. The van der Waals surface area contributed by atoms with Crippen LogP contribution in [-0.4, -0.2) is 29.5 Å². The van der Waals surface area contributed by atoms with E-state index >= 15 is 0 Å². The molecule has 1 aliphatic rings. The fraction of sp³-hybridized carbons (Fsp3) is 0.688. The van der Waals surface area contributed by atoms with Gasteiger partial charge in [-0.1, -0.05) is 25.4 Å². The second kappa shape index (κ2) is 6.77. The van der Waals surface area contributed by atoms with Gasteiger partial charge in [-0.25, -0.2) is 4.98 Å². The molecule has 0 bridgehead atoms. The number of likely N-dealkylation sites (tertiary alicyclic amines) is 1. The lowest BCUT2D eigenvalue weighted by Crippen LogP contribution is -2.26. The van der Waals surface area contributed by atoms with Crippen molar-refractivity contribution in [2.45, 2.75) is 46.6 Å². The van der Waals surface area contributed by atoms with Gasteiger partial charge in [0, 0.05) is 19.6 Å². The molecule has 3 nitrogen and oxygen atoms in total. The van der Waals surface area contributed by atoms with Crippen molar-refractivity contribution in [2.24, 2.45) is 5.41 Å². The second-order valence-corrected chi connectivity index (χ2v) is 6.23. The third kappa shape index (κ3) is 3.44. The summed E-state index contributed by atoms with van der Waals surface area (Å²) in [5.41, 5.74) is 1.50. The van der Waals surface area contributed by atoms with Gasteiger partial charge in [-0.05, 0) is 50.3 Å². The Morgan fingerprint density at radius 2 is 2.05 bits per heavy atom. The van der Waals surface area contributed by atoms with Crippen LogP contribution in [0.2, 0.25) is 5.02 Å². The Kier molecular flexibility index (Phi) is 5.28. The van der Waals surface area contributed by atoms with Crippen LogP contribution < -0.4 is 5.32 Å². The highest BCUT2D eigenvalue weighted by Gasteiger charge is 2.34. The number of anilines is 1. The number of hydrogen-bond acceptors (Lipinski definition) is 3. The molecular formula is C16H26ClN3. The van der Waals surface area contributed by atoms with Crippen LogP contribution in [0.15, 0.2) is 12.1 Å². The quantitative estimate of drug-likeness (QED) is 0.853. The molecular weight excluding hydrogens is 270 g/mol. The molecule has 1 fully saturated rings. The molecule has 0 spiro atoms. The highest BCUT2D eigenvalue weighted by atomic mass is 35.5. The molecule has 0 radical (unpaired) electrons. The number of rotatable bonds is 6.